The first kappa shape index (κ1) is 24.5. The summed E-state index contributed by atoms with van der Waals surface area (Å²) in [5, 5.41) is 14.0. The van der Waals surface area contributed by atoms with Gasteiger partial charge in [0.1, 0.15) is 6.10 Å². The summed E-state index contributed by atoms with van der Waals surface area (Å²) in [4.78, 5) is 13.9. The molecule has 34 heavy (non-hydrogen) atoms. The number of halogens is 4. The number of aliphatic hydroxyl groups is 1. The van der Waals surface area contributed by atoms with Crippen molar-refractivity contribution < 1.29 is 23.1 Å². The highest BCUT2D eigenvalue weighted by Gasteiger charge is 2.31. The second-order valence-corrected chi connectivity index (χ2v) is 9.99. The van der Waals surface area contributed by atoms with Gasteiger partial charge in [0, 0.05) is 10.4 Å². The van der Waals surface area contributed by atoms with Crippen LogP contribution in [-0.4, -0.2) is 17.1 Å². The summed E-state index contributed by atoms with van der Waals surface area (Å²) in [7, 11) is 0. The average Bonchev–Trinajstić information content (AvgIpc) is 3.09. The zero-order valence-electron chi connectivity index (χ0n) is 18.1. The molecule has 0 saturated heterocycles. The number of allylic oxidation sites excluding steroid dienone is 1. The number of rotatable bonds is 6. The van der Waals surface area contributed by atoms with Gasteiger partial charge in [-0.2, -0.15) is 13.2 Å². The quantitative estimate of drug-likeness (QED) is 0.385. The third-order valence-electron chi connectivity index (χ3n) is 5.86. The summed E-state index contributed by atoms with van der Waals surface area (Å²) < 4.78 is 39.3. The highest BCUT2D eigenvalue weighted by Crippen LogP contribution is 2.32. The maximum atomic E-state index is 13.3. The molecule has 4 rings (SSSR count). The normalized spacial score (nSPS) is 15.3. The van der Waals surface area contributed by atoms with Crippen molar-refractivity contribution in [3.05, 3.63) is 97.7 Å². The Hall–Kier alpha value is -2.61. The molecule has 0 aliphatic heterocycles. The summed E-state index contributed by atoms with van der Waals surface area (Å²) in [6, 6.07) is 12.9. The van der Waals surface area contributed by atoms with Gasteiger partial charge in [-0.1, -0.05) is 48.0 Å². The van der Waals surface area contributed by atoms with Gasteiger partial charge in [0.15, 0.2) is 0 Å². The molecular formula is C26H23ClF3NO2S. The van der Waals surface area contributed by atoms with Crippen LogP contribution < -0.4 is 5.32 Å². The van der Waals surface area contributed by atoms with Gasteiger partial charge < -0.3 is 10.4 Å². The van der Waals surface area contributed by atoms with Crippen molar-refractivity contribution in [3.8, 4) is 0 Å². The summed E-state index contributed by atoms with van der Waals surface area (Å²) in [5.74, 6) is -0.345. The maximum Gasteiger partial charge on any atom is 0.416 e. The van der Waals surface area contributed by atoms with Gasteiger partial charge in [-0.25, -0.2) is 0 Å². The molecule has 0 fully saturated rings. The van der Waals surface area contributed by atoms with Crippen LogP contribution in [0.2, 0.25) is 4.34 Å². The Bertz CT molecular complexity index is 1190. The summed E-state index contributed by atoms with van der Waals surface area (Å²) in [6.07, 6.45) is 1.44. The van der Waals surface area contributed by atoms with Gasteiger partial charge in [-0.3, -0.25) is 4.79 Å². The smallest absolute Gasteiger partial charge is 0.385 e. The van der Waals surface area contributed by atoms with E-state index in [1.54, 1.807) is 18.2 Å². The van der Waals surface area contributed by atoms with Crippen LogP contribution in [0.5, 0.6) is 0 Å². The van der Waals surface area contributed by atoms with Crippen LogP contribution in [-0.2, 0) is 19.0 Å². The zero-order valence-corrected chi connectivity index (χ0v) is 19.7. The molecule has 178 valence electrons. The largest absolute Gasteiger partial charge is 0.416 e. The standard InChI is InChI=1S/C26H23ClF3NO2S/c27-23-14-13-22(34-23)24(32)21(15-16-9-11-18(12-10-16)26(28,29)30)31-25(33)20-8-4-6-17-5-2-1-3-7-19(17)20/h3-4,6-14,21,24,32H,1-2,5,15H2,(H,31,33). The second-order valence-electron chi connectivity index (χ2n) is 8.24. The first-order valence-corrected chi connectivity index (χ1v) is 12.1. The fourth-order valence-corrected chi connectivity index (χ4v) is 5.21. The zero-order chi connectivity index (χ0) is 24.3. The minimum absolute atomic E-state index is 0.144. The monoisotopic (exact) mass is 505 g/mol. The topological polar surface area (TPSA) is 49.3 Å². The number of nitrogens with one attached hydrogen (secondary N) is 1. The predicted molar refractivity (Wildman–Crippen MR) is 129 cm³/mol. The number of alkyl halides is 3. The Morgan fingerprint density at radius 2 is 1.88 bits per heavy atom. The summed E-state index contributed by atoms with van der Waals surface area (Å²) in [6.45, 7) is 0. The fourth-order valence-electron chi connectivity index (χ4n) is 4.09. The van der Waals surface area contributed by atoms with Gasteiger partial charge in [0.05, 0.1) is 15.9 Å². The molecule has 1 aliphatic rings. The van der Waals surface area contributed by atoms with Crippen molar-refractivity contribution in [2.75, 3.05) is 0 Å². The molecule has 3 nitrogen and oxygen atoms in total. The molecule has 2 atom stereocenters. The molecule has 1 aromatic heterocycles. The van der Waals surface area contributed by atoms with Crippen LogP contribution in [0, 0.1) is 0 Å². The van der Waals surface area contributed by atoms with E-state index in [0.29, 0.717) is 20.3 Å². The molecule has 1 heterocycles. The van der Waals surface area contributed by atoms with Gasteiger partial charge in [0.2, 0.25) is 0 Å². The van der Waals surface area contributed by atoms with E-state index in [9.17, 15) is 23.1 Å². The average molecular weight is 506 g/mol. The van der Waals surface area contributed by atoms with Crippen molar-refractivity contribution >= 4 is 34.9 Å². The number of carbonyl (C=O) groups is 1. The number of hydrogen-bond acceptors (Lipinski definition) is 3. The molecule has 2 aromatic carbocycles. The molecule has 0 spiro atoms. The first-order valence-electron chi connectivity index (χ1n) is 10.9. The van der Waals surface area contributed by atoms with Gasteiger partial charge in [-0.15, -0.1) is 11.3 Å². The van der Waals surface area contributed by atoms with Crippen molar-refractivity contribution in [3.63, 3.8) is 0 Å². The number of carbonyl (C=O) groups excluding carboxylic acids is 1. The van der Waals surface area contributed by atoms with Gasteiger partial charge in [0.25, 0.3) is 5.91 Å². The van der Waals surface area contributed by atoms with Crippen molar-refractivity contribution in [2.45, 2.75) is 44.0 Å². The Balaban J connectivity index is 1.62. The predicted octanol–water partition coefficient (Wildman–Crippen LogP) is 6.84. The van der Waals surface area contributed by atoms with E-state index in [0.717, 1.165) is 42.5 Å². The molecule has 3 aromatic rings. The summed E-state index contributed by atoms with van der Waals surface area (Å²) in [5.41, 5.74) is 2.27. The highest BCUT2D eigenvalue weighted by atomic mass is 35.5. The lowest BCUT2D eigenvalue weighted by Crippen LogP contribution is -2.41. The van der Waals surface area contributed by atoms with Gasteiger partial charge in [-0.05, 0) is 72.7 Å². The van der Waals surface area contributed by atoms with Crippen LogP contribution in [0.15, 0.2) is 60.7 Å². The Kier molecular flexibility index (Phi) is 7.45. The molecule has 0 saturated carbocycles. The molecule has 0 radical (unpaired) electrons. The third kappa shape index (κ3) is 5.71. The molecule has 2 N–H and O–H groups in total. The van der Waals surface area contributed by atoms with E-state index in [1.165, 1.54) is 23.5 Å². The van der Waals surface area contributed by atoms with Crippen molar-refractivity contribution in [1.82, 2.24) is 5.32 Å². The molecule has 8 heteroatoms. The molecule has 1 aliphatic carbocycles. The molecule has 1 amide bonds. The first-order chi connectivity index (χ1) is 16.2. The SMILES string of the molecule is O=C(NC(Cc1ccc(C(F)(F)F)cc1)C(O)c1ccc(Cl)s1)c1cccc2c1C=CCCC2. The van der Waals surface area contributed by atoms with Crippen molar-refractivity contribution in [1.29, 1.82) is 0 Å². The van der Waals surface area contributed by atoms with Crippen LogP contribution in [0.3, 0.4) is 0 Å². The lowest BCUT2D eigenvalue weighted by molar-refractivity contribution is -0.137. The number of hydrogen-bond donors (Lipinski definition) is 2. The molecular weight excluding hydrogens is 483 g/mol. The van der Waals surface area contributed by atoms with E-state index >= 15 is 0 Å². The summed E-state index contributed by atoms with van der Waals surface area (Å²) >= 11 is 7.23. The Labute approximate surface area is 204 Å². The number of aryl methyl sites for hydroxylation is 1. The van der Waals surface area contributed by atoms with Crippen LogP contribution in [0.4, 0.5) is 13.2 Å². The minimum atomic E-state index is -4.43. The fraction of sp³-hybridized carbons (Fsp3) is 0.269. The number of thiophene rings is 1. The Morgan fingerprint density at radius 3 is 2.56 bits per heavy atom. The third-order valence-corrected chi connectivity index (χ3v) is 7.16. The van der Waals surface area contributed by atoms with Crippen molar-refractivity contribution in [2.24, 2.45) is 0 Å². The number of aliphatic hydroxyl groups excluding tert-OH is 1. The molecule has 2 unspecified atom stereocenters. The lowest BCUT2D eigenvalue weighted by atomic mass is 9.96. The van der Waals surface area contributed by atoms with Gasteiger partial charge >= 0.3 is 6.18 Å². The lowest BCUT2D eigenvalue weighted by Gasteiger charge is -2.24. The maximum absolute atomic E-state index is 13.3. The highest BCUT2D eigenvalue weighted by molar-refractivity contribution is 7.16. The van der Waals surface area contributed by atoms with E-state index in [-0.39, 0.29) is 12.3 Å². The van der Waals surface area contributed by atoms with E-state index < -0.39 is 23.9 Å². The number of fused-ring (bicyclic) bond motifs is 1. The number of amides is 1. The minimum Gasteiger partial charge on any atom is -0.385 e. The van der Waals surface area contributed by atoms with Crippen LogP contribution in [0.25, 0.3) is 6.08 Å². The number of benzene rings is 2. The van der Waals surface area contributed by atoms with E-state index in [4.69, 9.17) is 11.6 Å². The van der Waals surface area contributed by atoms with E-state index in [2.05, 4.69) is 5.32 Å². The van der Waals surface area contributed by atoms with Crippen LogP contribution >= 0.6 is 22.9 Å². The van der Waals surface area contributed by atoms with E-state index in [1.807, 2.05) is 24.3 Å². The Morgan fingerprint density at radius 1 is 1.12 bits per heavy atom. The van der Waals surface area contributed by atoms with Crippen LogP contribution in [0.1, 0.15) is 56.4 Å². The second kappa shape index (κ2) is 10.3. The molecule has 0 bridgehead atoms.